The van der Waals surface area contributed by atoms with Gasteiger partial charge in [0.2, 0.25) is 0 Å². The number of Topliss-reactive ketones (excluding diaryl/α,β-unsaturated/α-hetero) is 1. The Morgan fingerprint density at radius 2 is 1.85 bits per heavy atom. The van der Waals surface area contributed by atoms with Crippen LogP contribution in [0.4, 0.5) is 5.69 Å². The Balaban J connectivity index is 1.68. The number of aromatic nitrogens is 1. The van der Waals surface area contributed by atoms with Crippen LogP contribution in [0.2, 0.25) is 0 Å². The molecular weight excluding hydrogens is 408 g/mol. The van der Waals surface area contributed by atoms with Crippen LogP contribution in [0.1, 0.15) is 22.3 Å². The fourth-order valence-corrected chi connectivity index (χ4v) is 3.85. The lowest BCUT2D eigenvalue weighted by molar-refractivity contribution is -0.135. The van der Waals surface area contributed by atoms with Gasteiger partial charge in [-0.3, -0.25) is 9.59 Å². The van der Waals surface area contributed by atoms with Crippen LogP contribution < -0.4 is 4.90 Å². The first-order valence-electron chi connectivity index (χ1n) is 8.47. The number of aliphatic hydroxyl groups is 1. The maximum atomic E-state index is 12.9. The number of amides is 1. The van der Waals surface area contributed by atoms with E-state index in [2.05, 4.69) is 15.9 Å². The molecule has 1 aliphatic rings. The summed E-state index contributed by atoms with van der Waals surface area (Å²) in [6, 6.07) is 16.2. The molecule has 2 aromatic carbocycles. The largest absolute Gasteiger partial charge is 0.375 e. The highest BCUT2D eigenvalue weighted by Crippen LogP contribution is 2.43. The van der Waals surface area contributed by atoms with Crippen LogP contribution in [0.3, 0.4) is 0 Å². The summed E-state index contributed by atoms with van der Waals surface area (Å²) in [4.78, 5) is 27.0. The van der Waals surface area contributed by atoms with Crippen molar-refractivity contribution in [3.8, 4) is 5.69 Å². The van der Waals surface area contributed by atoms with Gasteiger partial charge in [0.25, 0.3) is 5.91 Å². The molecule has 0 saturated carbocycles. The second kappa shape index (κ2) is 6.48. The van der Waals surface area contributed by atoms with E-state index < -0.39 is 11.5 Å². The summed E-state index contributed by atoms with van der Waals surface area (Å²) in [7, 11) is 1.60. The quantitative estimate of drug-likeness (QED) is 0.649. The van der Waals surface area contributed by atoms with Gasteiger partial charge < -0.3 is 14.6 Å². The lowest BCUT2D eigenvalue weighted by Crippen LogP contribution is -2.40. The number of halogens is 1. The molecule has 136 valence electrons. The van der Waals surface area contributed by atoms with Crippen LogP contribution in [0.15, 0.2) is 71.5 Å². The smallest absolute Gasteiger partial charge is 0.263 e. The number of fused-ring (bicyclic) bond motifs is 1. The Morgan fingerprint density at radius 1 is 1.11 bits per heavy atom. The average Bonchev–Trinajstić information content (AvgIpc) is 3.26. The average molecular weight is 425 g/mol. The molecule has 0 saturated heterocycles. The summed E-state index contributed by atoms with van der Waals surface area (Å²) < 4.78 is 2.64. The highest BCUT2D eigenvalue weighted by molar-refractivity contribution is 9.10. The Hall–Kier alpha value is -2.70. The molecule has 1 amide bonds. The number of hydrogen-bond acceptors (Lipinski definition) is 3. The van der Waals surface area contributed by atoms with Crippen LogP contribution in [-0.4, -0.2) is 28.4 Å². The van der Waals surface area contributed by atoms with Gasteiger partial charge in [-0.1, -0.05) is 28.1 Å². The van der Waals surface area contributed by atoms with Crippen molar-refractivity contribution in [2.45, 2.75) is 12.0 Å². The SMILES string of the molecule is CN1C(=O)[C@@](O)(CC(=O)c2cccc(-n3cccc3)c2)c2cc(Br)ccc21. The van der Waals surface area contributed by atoms with Crippen molar-refractivity contribution in [2.24, 2.45) is 0 Å². The van der Waals surface area contributed by atoms with Crippen molar-refractivity contribution in [3.05, 3.63) is 82.6 Å². The molecule has 1 atom stereocenters. The summed E-state index contributed by atoms with van der Waals surface area (Å²) in [5, 5.41) is 11.2. The number of ketones is 1. The molecule has 3 aromatic rings. The third-order valence-electron chi connectivity index (χ3n) is 4.91. The zero-order valence-corrected chi connectivity index (χ0v) is 16.2. The van der Waals surface area contributed by atoms with Gasteiger partial charge in [0.05, 0.1) is 12.1 Å². The van der Waals surface area contributed by atoms with Crippen molar-refractivity contribution >= 4 is 33.3 Å². The molecule has 1 aromatic heterocycles. The highest BCUT2D eigenvalue weighted by Gasteiger charge is 2.49. The van der Waals surface area contributed by atoms with Crippen molar-refractivity contribution in [2.75, 3.05) is 11.9 Å². The van der Waals surface area contributed by atoms with Crippen LogP contribution in [0.25, 0.3) is 5.69 Å². The number of benzene rings is 2. The van der Waals surface area contributed by atoms with E-state index in [4.69, 9.17) is 0 Å². The van der Waals surface area contributed by atoms with Gasteiger partial charge >= 0.3 is 0 Å². The van der Waals surface area contributed by atoms with Gasteiger partial charge in [0, 0.05) is 40.7 Å². The molecule has 2 heterocycles. The van der Waals surface area contributed by atoms with Gasteiger partial charge in [0.15, 0.2) is 11.4 Å². The Labute approximate surface area is 165 Å². The summed E-state index contributed by atoms with van der Waals surface area (Å²) in [6.45, 7) is 0. The van der Waals surface area contributed by atoms with E-state index in [9.17, 15) is 14.7 Å². The molecule has 0 radical (unpaired) electrons. The normalized spacial score (nSPS) is 18.6. The number of nitrogens with zero attached hydrogens (tertiary/aromatic N) is 2. The second-order valence-corrected chi connectivity index (χ2v) is 7.54. The van der Waals surface area contributed by atoms with Gasteiger partial charge in [-0.25, -0.2) is 0 Å². The molecule has 27 heavy (non-hydrogen) atoms. The van der Waals surface area contributed by atoms with E-state index in [0.717, 1.165) is 10.2 Å². The number of rotatable bonds is 4. The molecule has 1 aliphatic heterocycles. The maximum Gasteiger partial charge on any atom is 0.263 e. The lowest BCUT2D eigenvalue weighted by atomic mass is 9.88. The first-order chi connectivity index (χ1) is 12.9. The third kappa shape index (κ3) is 2.91. The molecule has 0 spiro atoms. The molecule has 1 N–H and O–H groups in total. The molecule has 4 rings (SSSR count). The molecule has 0 fully saturated rings. The highest BCUT2D eigenvalue weighted by atomic mass is 79.9. The Bertz CT molecular complexity index is 1050. The minimum absolute atomic E-state index is 0.291. The topological polar surface area (TPSA) is 62.5 Å². The van der Waals surface area contributed by atoms with E-state index in [1.165, 1.54) is 4.90 Å². The first-order valence-corrected chi connectivity index (χ1v) is 9.26. The number of hydrogen-bond donors (Lipinski definition) is 1. The zero-order chi connectivity index (χ0) is 19.2. The number of likely N-dealkylation sites (N-methyl/N-ethyl adjacent to an activating group) is 1. The Morgan fingerprint density at radius 3 is 2.59 bits per heavy atom. The molecule has 0 aliphatic carbocycles. The van der Waals surface area contributed by atoms with Crippen LogP contribution in [-0.2, 0) is 10.4 Å². The van der Waals surface area contributed by atoms with Gasteiger partial charge in [-0.05, 0) is 42.5 Å². The zero-order valence-electron chi connectivity index (χ0n) is 14.6. The Kier molecular flexibility index (Phi) is 4.25. The second-order valence-electron chi connectivity index (χ2n) is 6.63. The number of anilines is 1. The lowest BCUT2D eigenvalue weighted by Gasteiger charge is -2.21. The predicted octanol–water partition coefficient (Wildman–Crippen LogP) is 3.68. The summed E-state index contributed by atoms with van der Waals surface area (Å²) >= 11 is 3.37. The fourth-order valence-electron chi connectivity index (χ4n) is 3.49. The summed E-state index contributed by atoms with van der Waals surface area (Å²) in [5.41, 5.74) is 0.484. The molecular formula is C21H17BrN2O3. The minimum atomic E-state index is -1.87. The standard InChI is InChI=1S/C21H17BrN2O3/c1-23-18-8-7-15(22)12-17(18)21(27,20(23)26)13-19(25)14-5-4-6-16(11-14)24-9-2-3-10-24/h2-12,27H,13H2,1H3/t21-/m1/s1. The van der Waals surface area contributed by atoms with Crippen LogP contribution in [0.5, 0.6) is 0 Å². The van der Waals surface area contributed by atoms with Crippen molar-refractivity contribution in [3.63, 3.8) is 0 Å². The summed E-state index contributed by atoms with van der Waals surface area (Å²) in [6.07, 6.45) is 3.47. The molecule has 0 unspecified atom stereocenters. The van der Waals surface area contributed by atoms with Crippen molar-refractivity contribution < 1.29 is 14.7 Å². The monoisotopic (exact) mass is 424 g/mol. The summed E-state index contributed by atoms with van der Waals surface area (Å²) in [5.74, 6) is -0.786. The van der Waals surface area contributed by atoms with E-state index in [1.807, 2.05) is 35.2 Å². The van der Waals surface area contributed by atoms with Crippen LogP contribution >= 0.6 is 15.9 Å². The maximum absolute atomic E-state index is 12.9. The number of carbonyl (C=O) groups is 2. The van der Waals surface area contributed by atoms with E-state index in [0.29, 0.717) is 16.8 Å². The van der Waals surface area contributed by atoms with Crippen LogP contribution in [0, 0.1) is 0 Å². The van der Waals surface area contributed by atoms with E-state index in [-0.39, 0.29) is 12.2 Å². The van der Waals surface area contributed by atoms with Gasteiger partial charge in [-0.15, -0.1) is 0 Å². The predicted molar refractivity (Wildman–Crippen MR) is 106 cm³/mol. The van der Waals surface area contributed by atoms with Gasteiger partial charge in [0.1, 0.15) is 0 Å². The van der Waals surface area contributed by atoms with E-state index in [1.54, 1.807) is 43.4 Å². The molecule has 6 heteroatoms. The first kappa shape index (κ1) is 17.7. The van der Waals surface area contributed by atoms with Gasteiger partial charge in [-0.2, -0.15) is 0 Å². The minimum Gasteiger partial charge on any atom is -0.375 e. The molecule has 0 bridgehead atoms. The van der Waals surface area contributed by atoms with Crippen molar-refractivity contribution in [1.29, 1.82) is 0 Å². The number of carbonyl (C=O) groups excluding carboxylic acids is 2. The van der Waals surface area contributed by atoms with E-state index >= 15 is 0 Å². The third-order valence-corrected chi connectivity index (χ3v) is 5.40. The fraction of sp³-hybridized carbons (Fsp3) is 0.143. The van der Waals surface area contributed by atoms with Crippen molar-refractivity contribution in [1.82, 2.24) is 4.57 Å². The molecule has 5 nitrogen and oxygen atoms in total.